The minimum absolute atomic E-state index is 0.270. The van der Waals surface area contributed by atoms with Gasteiger partial charge in [0.1, 0.15) is 6.61 Å². The van der Waals surface area contributed by atoms with E-state index in [1.165, 1.54) is 0 Å². The molecule has 7 nitrogen and oxygen atoms in total. The van der Waals surface area contributed by atoms with Gasteiger partial charge in [0, 0.05) is 5.75 Å². The van der Waals surface area contributed by atoms with Gasteiger partial charge in [-0.15, -0.1) is 0 Å². The molecule has 8 heteroatoms. The van der Waals surface area contributed by atoms with Crippen molar-refractivity contribution in [3.63, 3.8) is 0 Å². The highest BCUT2D eigenvalue weighted by Gasteiger charge is 1.96. The van der Waals surface area contributed by atoms with Gasteiger partial charge in [-0.3, -0.25) is 0 Å². The van der Waals surface area contributed by atoms with Crippen LogP contribution in [0.1, 0.15) is 0 Å². The lowest BCUT2D eigenvalue weighted by Gasteiger charge is -2.07. The van der Waals surface area contributed by atoms with Gasteiger partial charge in [0.2, 0.25) is 0 Å². The number of hydrogen-bond acceptors (Lipinski definition) is 7. The topological polar surface area (TPSA) is 83.5 Å². The van der Waals surface area contributed by atoms with Crippen molar-refractivity contribution in [1.82, 2.24) is 0 Å². The van der Waals surface area contributed by atoms with E-state index in [0.717, 1.165) is 12.4 Å². The van der Waals surface area contributed by atoms with Crippen LogP contribution in [0.25, 0.3) is 0 Å². The van der Waals surface area contributed by atoms with E-state index in [0.29, 0.717) is 46.2 Å². The summed E-state index contributed by atoms with van der Waals surface area (Å²) in [7, 11) is 0. The summed E-state index contributed by atoms with van der Waals surface area (Å²) in [6, 6.07) is 0. The highest BCUT2D eigenvalue weighted by Crippen LogP contribution is 1.90. The molecule has 0 heterocycles. The lowest BCUT2D eigenvalue weighted by molar-refractivity contribution is -0.142. The molecule has 0 aliphatic rings. The predicted molar refractivity (Wildman–Crippen MR) is 80.1 cm³/mol. The van der Waals surface area contributed by atoms with Crippen molar-refractivity contribution < 1.29 is 33.6 Å². The second-order valence-corrected chi connectivity index (χ2v) is 4.87. The van der Waals surface area contributed by atoms with Crippen molar-refractivity contribution >= 4 is 17.7 Å². The minimum atomic E-state index is -0.979. The molecule has 0 saturated carbocycles. The quantitative estimate of drug-likeness (QED) is 0.387. The van der Waals surface area contributed by atoms with Gasteiger partial charge < -0.3 is 28.8 Å². The van der Waals surface area contributed by atoms with Crippen LogP contribution in [0.5, 0.6) is 0 Å². The Hall–Kier alpha value is -0.380. The molecule has 1 N–H and O–H groups in total. The van der Waals surface area contributed by atoms with E-state index in [2.05, 4.69) is 0 Å². The molecule has 0 bridgehead atoms. The number of rotatable bonds is 17. The summed E-state index contributed by atoms with van der Waals surface area (Å²) in [5, 5.41) is 8.32. The summed E-state index contributed by atoms with van der Waals surface area (Å²) >= 11 is 1.76. The molecule has 0 rings (SSSR count). The van der Waals surface area contributed by atoms with Crippen LogP contribution in [-0.4, -0.2) is 89.2 Å². The maximum atomic E-state index is 10.1. The van der Waals surface area contributed by atoms with Crippen LogP contribution in [0, 0.1) is 0 Å². The number of carboxylic acids is 1. The van der Waals surface area contributed by atoms with Crippen LogP contribution in [0.3, 0.4) is 0 Å². The summed E-state index contributed by atoms with van der Waals surface area (Å²) in [5.74, 6) is 0.0257. The number of carbonyl (C=O) groups is 1. The second kappa shape index (κ2) is 17.7. The summed E-state index contributed by atoms with van der Waals surface area (Å²) in [4.78, 5) is 10.1. The Morgan fingerprint density at radius 3 is 1.52 bits per heavy atom. The largest absolute Gasteiger partial charge is 0.480 e. The number of hydrogen-bond donors (Lipinski definition) is 1. The Morgan fingerprint density at radius 2 is 1.14 bits per heavy atom. The molecule has 0 aromatic carbocycles. The van der Waals surface area contributed by atoms with E-state index in [-0.39, 0.29) is 13.2 Å². The Bertz CT molecular complexity index is 229. The summed E-state index contributed by atoms with van der Waals surface area (Å²) in [5.41, 5.74) is 0. The SMILES string of the molecule is CSCCOCCOCCOCCOCCOCC(=O)O. The van der Waals surface area contributed by atoms with E-state index in [1.54, 1.807) is 11.8 Å². The van der Waals surface area contributed by atoms with E-state index in [9.17, 15) is 4.79 Å². The molecule has 0 aliphatic carbocycles. The number of ether oxygens (including phenoxy) is 5. The molecule has 0 aromatic heterocycles. The van der Waals surface area contributed by atoms with Crippen LogP contribution in [0.15, 0.2) is 0 Å². The zero-order chi connectivity index (χ0) is 15.6. The molecule has 0 spiro atoms. The zero-order valence-electron chi connectivity index (χ0n) is 12.6. The average molecular weight is 326 g/mol. The Morgan fingerprint density at radius 1 is 0.762 bits per heavy atom. The third-order valence-corrected chi connectivity index (χ3v) is 2.72. The fraction of sp³-hybridized carbons (Fsp3) is 0.923. The molecule has 0 aliphatic heterocycles. The van der Waals surface area contributed by atoms with Crippen molar-refractivity contribution in [2.75, 3.05) is 78.1 Å². The fourth-order valence-electron chi connectivity index (χ4n) is 1.18. The molecular formula is C13H26O7S. The predicted octanol–water partition coefficient (Wildman–Crippen LogP) is 0.517. The lowest BCUT2D eigenvalue weighted by atomic mass is 10.7. The van der Waals surface area contributed by atoms with Crippen LogP contribution >= 0.6 is 11.8 Å². The molecular weight excluding hydrogens is 300 g/mol. The number of carboxylic acid groups (broad SMARTS) is 1. The van der Waals surface area contributed by atoms with Gasteiger partial charge in [-0.25, -0.2) is 4.79 Å². The summed E-state index contributed by atoms with van der Waals surface area (Å²) in [6.45, 7) is 4.27. The monoisotopic (exact) mass is 326 g/mol. The number of thioether (sulfide) groups is 1. The maximum absolute atomic E-state index is 10.1. The van der Waals surface area contributed by atoms with Crippen LogP contribution < -0.4 is 0 Å². The van der Waals surface area contributed by atoms with E-state index in [4.69, 9.17) is 28.8 Å². The highest BCUT2D eigenvalue weighted by atomic mass is 32.2. The van der Waals surface area contributed by atoms with E-state index < -0.39 is 5.97 Å². The van der Waals surface area contributed by atoms with Gasteiger partial charge in [0.05, 0.1) is 59.5 Å². The van der Waals surface area contributed by atoms with Gasteiger partial charge in [-0.1, -0.05) is 0 Å². The van der Waals surface area contributed by atoms with E-state index in [1.807, 2.05) is 6.26 Å². The Balaban J connectivity index is 2.95. The Kier molecular flexibility index (Phi) is 17.4. The average Bonchev–Trinajstić information content (AvgIpc) is 2.46. The second-order valence-electron chi connectivity index (χ2n) is 3.89. The molecule has 126 valence electrons. The standard InChI is InChI=1S/C13H26O7S/c1-21-11-10-19-7-6-17-3-2-16-4-5-18-8-9-20-12-13(14)15/h2-12H2,1H3,(H,14,15). The fourth-order valence-corrected chi connectivity index (χ4v) is 1.47. The summed E-state index contributed by atoms with van der Waals surface area (Å²) in [6.07, 6.45) is 2.05. The van der Waals surface area contributed by atoms with E-state index >= 15 is 0 Å². The zero-order valence-corrected chi connectivity index (χ0v) is 13.4. The Labute approximate surface area is 130 Å². The van der Waals surface area contributed by atoms with Gasteiger partial charge >= 0.3 is 5.97 Å². The smallest absolute Gasteiger partial charge is 0.329 e. The van der Waals surface area contributed by atoms with Gasteiger partial charge in [0.25, 0.3) is 0 Å². The lowest BCUT2D eigenvalue weighted by Crippen LogP contribution is -2.14. The molecule has 0 fully saturated rings. The van der Waals surface area contributed by atoms with Gasteiger partial charge in [-0.05, 0) is 6.26 Å². The third-order valence-electron chi connectivity index (χ3n) is 2.15. The highest BCUT2D eigenvalue weighted by molar-refractivity contribution is 7.98. The third kappa shape index (κ3) is 19.6. The van der Waals surface area contributed by atoms with Crippen LogP contribution in [0.2, 0.25) is 0 Å². The van der Waals surface area contributed by atoms with Crippen molar-refractivity contribution in [1.29, 1.82) is 0 Å². The first-order chi connectivity index (χ1) is 10.3. The normalized spacial score (nSPS) is 10.9. The first kappa shape index (κ1) is 20.6. The van der Waals surface area contributed by atoms with Gasteiger partial charge in [-0.2, -0.15) is 11.8 Å². The van der Waals surface area contributed by atoms with Crippen LogP contribution in [0.4, 0.5) is 0 Å². The van der Waals surface area contributed by atoms with Crippen LogP contribution in [-0.2, 0) is 28.5 Å². The van der Waals surface area contributed by atoms with Crippen molar-refractivity contribution in [2.24, 2.45) is 0 Å². The van der Waals surface area contributed by atoms with Crippen molar-refractivity contribution in [2.45, 2.75) is 0 Å². The molecule has 0 radical (unpaired) electrons. The molecule has 0 unspecified atom stereocenters. The number of aliphatic carboxylic acids is 1. The summed E-state index contributed by atoms with van der Waals surface area (Å²) < 4.78 is 25.9. The minimum Gasteiger partial charge on any atom is -0.480 e. The first-order valence-corrected chi connectivity index (χ1v) is 8.26. The molecule has 0 amide bonds. The first-order valence-electron chi connectivity index (χ1n) is 6.86. The molecule has 0 atom stereocenters. The molecule has 0 aromatic rings. The molecule has 0 saturated heterocycles. The van der Waals surface area contributed by atoms with Gasteiger partial charge in [0.15, 0.2) is 0 Å². The molecule has 21 heavy (non-hydrogen) atoms. The maximum Gasteiger partial charge on any atom is 0.329 e. The van der Waals surface area contributed by atoms with Crippen molar-refractivity contribution in [3.8, 4) is 0 Å². The van der Waals surface area contributed by atoms with Crippen molar-refractivity contribution in [3.05, 3.63) is 0 Å².